The predicted molar refractivity (Wildman–Crippen MR) is 102 cm³/mol. The molecule has 0 unspecified atom stereocenters. The van der Waals surface area contributed by atoms with Crippen molar-refractivity contribution in [3.63, 3.8) is 0 Å². The van der Waals surface area contributed by atoms with Crippen molar-refractivity contribution >= 4 is 5.78 Å². The van der Waals surface area contributed by atoms with E-state index in [2.05, 4.69) is 17.0 Å². The molecule has 2 aliphatic heterocycles. The Morgan fingerprint density at radius 2 is 2.21 bits per heavy atom. The number of carbonyl (C=O) groups excluding carboxylic acids is 1. The van der Waals surface area contributed by atoms with Crippen LogP contribution in [0.25, 0.3) is 0 Å². The molecule has 1 saturated heterocycles. The van der Waals surface area contributed by atoms with Gasteiger partial charge in [-0.15, -0.1) is 0 Å². The van der Waals surface area contributed by atoms with Gasteiger partial charge in [0.25, 0.3) is 0 Å². The van der Waals surface area contributed by atoms with Gasteiger partial charge in [-0.1, -0.05) is 6.07 Å². The first-order valence-electron chi connectivity index (χ1n) is 10.7. The summed E-state index contributed by atoms with van der Waals surface area (Å²) in [5.74, 6) is 2.52. The highest BCUT2D eigenvalue weighted by Gasteiger charge is 2.73. The number of nitrogens with zero attached hydrogens (tertiary/aromatic N) is 2. The highest BCUT2D eigenvalue weighted by molar-refractivity contribution is 5.89. The van der Waals surface area contributed by atoms with Gasteiger partial charge in [0.05, 0.1) is 18.6 Å². The zero-order valence-electron chi connectivity index (χ0n) is 16.4. The number of benzene rings is 1. The van der Waals surface area contributed by atoms with E-state index in [4.69, 9.17) is 9.47 Å². The summed E-state index contributed by atoms with van der Waals surface area (Å²) in [4.78, 5) is 15.7. The van der Waals surface area contributed by atoms with Crippen molar-refractivity contribution in [3.8, 4) is 17.6 Å². The first-order valence-corrected chi connectivity index (χ1v) is 10.7. The molecule has 0 N–H and O–H groups in total. The molecule has 2 saturated carbocycles. The van der Waals surface area contributed by atoms with Gasteiger partial charge in [-0.3, -0.25) is 9.69 Å². The van der Waals surface area contributed by atoms with Crippen molar-refractivity contribution in [2.75, 3.05) is 20.2 Å². The molecule has 28 heavy (non-hydrogen) atoms. The molecule has 2 bridgehead atoms. The van der Waals surface area contributed by atoms with Crippen LogP contribution >= 0.6 is 0 Å². The lowest BCUT2D eigenvalue weighted by Crippen LogP contribution is -2.72. The smallest absolute Gasteiger partial charge is 0.174 e. The number of ketones is 1. The van der Waals surface area contributed by atoms with Crippen LogP contribution in [-0.2, 0) is 16.6 Å². The standard InChI is InChI=1S/C23H26N2O3/c1-27-17-5-4-15-12-18-22(8-10-24)7-6-16(26)21-23(22,19(15)20(17)28-21)9-11-25(18)13-14-2-3-14/h4-5,14,18,21H,2-3,6-9,11-13H2,1H3/t18-,21+,22-,23+/m1/s1. The molecule has 3 fully saturated rings. The predicted octanol–water partition coefficient (Wildman–Crippen LogP) is 3.00. The molecule has 1 aromatic rings. The summed E-state index contributed by atoms with van der Waals surface area (Å²) >= 11 is 0. The maximum atomic E-state index is 13.1. The highest BCUT2D eigenvalue weighted by Crippen LogP contribution is 2.69. The largest absolute Gasteiger partial charge is 0.493 e. The summed E-state index contributed by atoms with van der Waals surface area (Å²) in [7, 11) is 1.66. The fourth-order valence-electron chi connectivity index (χ4n) is 7.12. The average molecular weight is 378 g/mol. The van der Waals surface area contributed by atoms with Crippen LogP contribution < -0.4 is 9.47 Å². The van der Waals surface area contributed by atoms with Crippen molar-refractivity contribution in [1.29, 1.82) is 5.26 Å². The number of nitriles is 1. The van der Waals surface area contributed by atoms with E-state index >= 15 is 0 Å². The number of Topliss-reactive ketones (excluding diaryl/α,β-unsaturated/α-hetero) is 1. The molecule has 4 atom stereocenters. The maximum absolute atomic E-state index is 13.1. The van der Waals surface area contributed by atoms with Gasteiger partial charge in [0, 0.05) is 36.4 Å². The molecule has 2 heterocycles. The van der Waals surface area contributed by atoms with Gasteiger partial charge in [0.15, 0.2) is 23.4 Å². The van der Waals surface area contributed by atoms with Crippen LogP contribution in [-0.4, -0.2) is 43.0 Å². The Hall–Kier alpha value is -2.06. The van der Waals surface area contributed by atoms with Crippen LogP contribution in [0.15, 0.2) is 12.1 Å². The molecule has 0 radical (unpaired) electrons. The van der Waals surface area contributed by atoms with Gasteiger partial charge in [0.2, 0.25) is 0 Å². The summed E-state index contributed by atoms with van der Waals surface area (Å²) in [6.45, 7) is 2.14. The fraction of sp³-hybridized carbons (Fsp3) is 0.652. The number of carbonyl (C=O) groups is 1. The maximum Gasteiger partial charge on any atom is 0.174 e. The van der Waals surface area contributed by atoms with E-state index < -0.39 is 6.10 Å². The zero-order chi connectivity index (χ0) is 19.1. The molecular formula is C23H26N2O3. The second kappa shape index (κ2) is 5.51. The van der Waals surface area contributed by atoms with E-state index in [-0.39, 0.29) is 16.6 Å². The molecular weight excluding hydrogens is 352 g/mol. The quantitative estimate of drug-likeness (QED) is 0.806. The molecule has 5 nitrogen and oxygen atoms in total. The third-order valence-electron chi connectivity index (χ3n) is 8.42. The first kappa shape index (κ1) is 16.9. The summed E-state index contributed by atoms with van der Waals surface area (Å²) in [6.07, 6.45) is 5.90. The Labute approximate surface area is 165 Å². The van der Waals surface area contributed by atoms with Gasteiger partial charge in [-0.05, 0) is 56.2 Å². The third kappa shape index (κ3) is 1.83. The van der Waals surface area contributed by atoms with Crippen LogP contribution in [0.4, 0.5) is 0 Å². The number of hydrogen-bond donors (Lipinski definition) is 0. The van der Waals surface area contributed by atoms with Crippen molar-refractivity contribution in [2.45, 2.75) is 62.5 Å². The summed E-state index contributed by atoms with van der Waals surface area (Å²) in [5.41, 5.74) is 1.94. The molecule has 146 valence electrons. The van der Waals surface area contributed by atoms with Crippen LogP contribution in [0.2, 0.25) is 0 Å². The van der Waals surface area contributed by atoms with Crippen LogP contribution in [0.1, 0.15) is 49.7 Å². The highest BCUT2D eigenvalue weighted by atomic mass is 16.5. The molecule has 6 rings (SSSR count). The van der Waals surface area contributed by atoms with Crippen LogP contribution in [0.3, 0.4) is 0 Å². The normalized spacial score (nSPS) is 37.8. The molecule has 3 aliphatic carbocycles. The van der Waals surface area contributed by atoms with Crippen molar-refractivity contribution in [2.24, 2.45) is 11.3 Å². The minimum Gasteiger partial charge on any atom is -0.493 e. The summed E-state index contributed by atoms with van der Waals surface area (Å²) in [6, 6.07) is 7.03. The molecule has 1 aromatic carbocycles. The fourth-order valence-corrected chi connectivity index (χ4v) is 7.12. The van der Waals surface area contributed by atoms with E-state index in [0.717, 1.165) is 49.8 Å². The molecule has 1 spiro atoms. The van der Waals surface area contributed by atoms with E-state index in [1.807, 2.05) is 6.07 Å². The lowest BCUT2D eigenvalue weighted by Gasteiger charge is -2.64. The second-order valence-corrected chi connectivity index (χ2v) is 9.47. The van der Waals surface area contributed by atoms with Gasteiger partial charge in [-0.2, -0.15) is 5.26 Å². The molecule has 0 aromatic heterocycles. The monoisotopic (exact) mass is 378 g/mol. The average Bonchev–Trinajstić information content (AvgIpc) is 3.44. The van der Waals surface area contributed by atoms with Gasteiger partial charge >= 0.3 is 0 Å². The second-order valence-electron chi connectivity index (χ2n) is 9.47. The third-order valence-corrected chi connectivity index (χ3v) is 8.42. The molecule has 5 heteroatoms. The minimum absolute atomic E-state index is 0.196. The van der Waals surface area contributed by atoms with Gasteiger partial charge in [0.1, 0.15) is 0 Å². The van der Waals surface area contributed by atoms with Crippen LogP contribution in [0, 0.1) is 22.7 Å². The Kier molecular flexibility index (Phi) is 3.32. The number of rotatable bonds is 4. The van der Waals surface area contributed by atoms with Gasteiger partial charge < -0.3 is 9.47 Å². The van der Waals surface area contributed by atoms with E-state index in [0.29, 0.717) is 18.9 Å². The Morgan fingerprint density at radius 1 is 1.36 bits per heavy atom. The lowest BCUT2D eigenvalue weighted by molar-refractivity contribution is -0.155. The van der Waals surface area contributed by atoms with Crippen molar-refractivity contribution in [1.82, 2.24) is 4.90 Å². The van der Waals surface area contributed by atoms with Crippen molar-refractivity contribution in [3.05, 3.63) is 23.3 Å². The number of ether oxygens (including phenoxy) is 2. The number of likely N-dealkylation sites (tertiary alicyclic amines) is 1. The number of hydrogen-bond acceptors (Lipinski definition) is 5. The Balaban J connectivity index is 1.60. The summed E-state index contributed by atoms with van der Waals surface area (Å²) < 4.78 is 12.0. The van der Waals surface area contributed by atoms with Crippen LogP contribution in [0.5, 0.6) is 11.5 Å². The van der Waals surface area contributed by atoms with E-state index in [1.54, 1.807) is 7.11 Å². The Bertz CT molecular complexity index is 917. The molecule has 0 amide bonds. The summed E-state index contributed by atoms with van der Waals surface area (Å²) in [5, 5.41) is 9.88. The zero-order valence-corrected chi connectivity index (χ0v) is 16.4. The molecule has 5 aliphatic rings. The van der Waals surface area contributed by atoms with E-state index in [9.17, 15) is 10.1 Å². The topological polar surface area (TPSA) is 62.6 Å². The SMILES string of the molecule is COc1ccc2c3c1O[C@H]1C(=O)CC[C@@]4(CC#N)[C@@H](C2)N(CC2CC2)CC[C@]314. The van der Waals surface area contributed by atoms with Crippen molar-refractivity contribution < 1.29 is 14.3 Å². The first-order chi connectivity index (χ1) is 13.6. The number of piperidine rings is 1. The number of methoxy groups -OCH3 is 1. The minimum atomic E-state index is -0.453. The van der Waals surface area contributed by atoms with E-state index in [1.165, 1.54) is 24.0 Å². The lowest BCUT2D eigenvalue weighted by atomic mass is 9.42. The Morgan fingerprint density at radius 3 is 2.96 bits per heavy atom. The van der Waals surface area contributed by atoms with Gasteiger partial charge in [-0.25, -0.2) is 0 Å².